The fraction of sp³-hybridized carbons (Fsp3) is 0.167. The van der Waals surface area contributed by atoms with Crippen LogP contribution >= 0.6 is 27.5 Å². The molecule has 100 valence electrons. The van der Waals surface area contributed by atoms with Gasteiger partial charge in [-0.15, -0.1) is 0 Å². The van der Waals surface area contributed by atoms with E-state index in [0.29, 0.717) is 21.1 Å². The van der Waals surface area contributed by atoms with Gasteiger partial charge in [-0.3, -0.25) is 0 Å². The molecule has 0 fully saturated rings. The first-order valence-corrected chi connectivity index (χ1v) is 6.75. The molecule has 19 heavy (non-hydrogen) atoms. The molecule has 0 bridgehead atoms. The topological polar surface area (TPSA) is 49.8 Å². The minimum absolute atomic E-state index is 0.259. The molecule has 1 aromatic heterocycles. The molecule has 0 saturated carbocycles. The molecule has 2 N–H and O–H groups in total. The average Bonchev–Trinajstić information content (AvgIpc) is 2.39. The molecule has 1 aromatic carbocycles. The molecule has 0 aliphatic rings. The Hall–Kier alpha value is -1.40. The molecule has 0 spiro atoms. The van der Waals surface area contributed by atoms with Gasteiger partial charge in [-0.25, -0.2) is 14.4 Å². The summed E-state index contributed by atoms with van der Waals surface area (Å²) in [5.41, 5.74) is 0.259. The Morgan fingerprint density at radius 2 is 2.05 bits per heavy atom. The van der Waals surface area contributed by atoms with Crippen molar-refractivity contribution in [3.63, 3.8) is 0 Å². The Labute approximate surface area is 123 Å². The van der Waals surface area contributed by atoms with E-state index >= 15 is 0 Å². The van der Waals surface area contributed by atoms with Crippen LogP contribution in [0.4, 0.5) is 21.7 Å². The van der Waals surface area contributed by atoms with Crippen LogP contribution in [-0.2, 0) is 0 Å². The molecule has 0 aliphatic carbocycles. The Balaban J connectivity index is 2.33. The van der Waals surface area contributed by atoms with Gasteiger partial charge in [-0.05, 0) is 41.1 Å². The van der Waals surface area contributed by atoms with E-state index in [-0.39, 0.29) is 5.69 Å². The molecule has 0 unspecified atom stereocenters. The molecule has 0 aliphatic heterocycles. The number of hydrogen-bond donors (Lipinski definition) is 2. The van der Waals surface area contributed by atoms with Gasteiger partial charge < -0.3 is 10.6 Å². The Morgan fingerprint density at radius 1 is 1.32 bits per heavy atom. The normalized spacial score (nSPS) is 10.3. The van der Waals surface area contributed by atoms with Crippen molar-refractivity contribution in [2.45, 2.75) is 6.92 Å². The monoisotopic (exact) mass is 344 g/mol. The standard InChI is InChI=1S/C12H11BrClFN4/c1-2-16-11-10(13)12(18-6-17-11)19-9-5-7(14)3-4-8(9)15/h3-6H,2H2,1H3,(H2,16,17,18,19). The molecule has 1 heterocycles. The molecule has 7 heteroatoms. The van der Waals surface area contributed by atoms with E-state index in [4.69, 9.17) is 11.6 Å². The second kappa shape index (κ2) is 6.16. The summed E-state index contributed by atoms with van der Waals surface area (Å²) in [6.07, 6.45) is 1.40. The third kappa shape index (κ3) is 3.33. The number of nitrogens with one attached hydrogen (secondary N) is 2. The summed E-state index contributed by atoms with van der Waals surface area (Å²) in [7, 11) is 0. The maximum absolute atomic E-state index is 13.6. The summed E-state index contributed by atoms with van der Waals surface area (Å²) in [6, 6.07) is 4.28. The van der Waals surface area contributed by atoms with Crippen LogP contribution in [0.25, 0.3) is 0 Å². The first-order valence-electron chi connectivity index (χ1n) is 5.58. The maximum Gasteiger partial charge on any atom is 0.150 e. The van der Waals surface area contributed by atoms with Gasteiger partial charge in [0.1, 0.15) is 28.3 Å². The minimum Gasteiger partial charge on any atom is -0.369 e. The Bertz CT molecular complexity index is 594. The third-order valence-corrected chi connectivity index (χ3v) is 3.30. The number of aromatic nitrogens is 2. The zero-order chi connectivity index (χ0) is 13.8. The molecule has 2 aromatic rings. The smallest absolute Gasteiger partial charge is 0.150 e. The van der Waals surface area contributed by atoms with Crippen molar-refractivity contribution in [2.24, 2.45) is 0 Å². The summed E-state index contributed by atoms with van der Waals surface area (Å²) < 4.78 is 14.3. The first kappa shape index (κ1) is 14.0. The lowest BCUT2D eigenvalue weighted by Gasteiger charge is -2.11. The van der Waals surface area contributed by atoms with Gasteiger partial charge in [0.25, 0.3) is 0 Å². The summed E-state index contributed by atoms with van der Waals surface area (Å²) in [5.74, 6) is 0.703. The zero-order valence-electron chi connectivity index (χ0n) is 10.0. The van der Waals surface area contributed by atoms with E-state index in [1.165, 1.54) is 24.5 Å². The summed E-state index contributed by atoms with van der Waals surface area (Å²) >= 11 is 9.22. The van der Waals surface area contributed by atoms with Crippen LogP contribution in [0, 0.1) is 5.82 Å². The van der Waals surface area contributed by atoms with E-state index < -0.39 is 5.82 Å². The Morgan fingerprint density at radius 3 is 2.79 bits per heavy atom. The average molecular weight is 346 g/mol. The molecule has 4 nitrogen and oxygen atoms in total. The van der Waals surface area contributed by atoms with Crippen molar-refractivity contribution in [3.05, 3.63) is 39.8 Å². The lowest BCUT2D eigenvalue weighted by atomic mass is 10.3. The van der Waals surface area contributed by atoms with Crippen molar-refractivity contribution in [2.75, 3.05) is 17.2 Å². The molecular weight excluding hydrogens is 335 g/mol. The van der Waals surface area contributed by atoms with Gasteiger partial charge in [0.05, 0.1) is 5.69 Å². The maximum atomic E-state index is 13.6. The van der Waals surface area contributed by atoms with Gasteiger partial charge in [0, 0.05) is 11.6 Å². The van der Waals surface area contributed by atoms with Crippen molar-refractivity contribution >= 4 is 44.9 Å². The number of halogens is 3. The summed E-state index contributed by atoms with van der Waals surface area (Å²) in [6.45, 7) is 2.68. The third-order valence-electron chi connectivity index (χ3n) is 2.32. The fourth-order valence-corrected chi connectivity index (χ4v) is 2.08. The van der Waals surface area contributed by atoms with Crippen molar-refractivity contribution < 1.29 is 4.39 Å². The lowest BCUT2D eigenvalue weighted by molar-refractivity contribution is 0.632. The molecular formula is C12H11BrClFN4. The molecule has 0 amide bonds. The first-order chi connectivity index (χ1) is 9.11. The highest BCUT2D eigenvalue weighted by atomic mass is 79.9. The van der Waals surface area contributed by atoms with Crippen LogP contribution in [0.2, 0.25) is 5.02 Å². The van der Waals surface area contributed by atoms with Gasteiger partial charge >= 0.3 is 0 Å². The van der Waals surface area contributed by atoms with E-state index in [1.807, 2.05) is 6.92 Å². The van der Waals surface area contributed by atoms with Gasteiger partial charge in [0.2, 0.25) is 0 Å². The fourth-order valence-electron chi connectivity index (χ4n) is 1.47. The van der Waals surface area contributed by atoms with Crippen molar-refractivity contribution in [3.8, 4) is 0 Å². The summed E-state index contributed by atoms with van der Waals surface area (Å²) in [4.78, 5) is 8.15. The number of hydrogen-bond acceptors (Lipinski definition) is 4. The second-order valence-corrected chi connectivity index (χ2v) is 4.89. The van der Waals surface area contributed by atoms with Crippen LogP contribution < -0.4 is 10.6 Å². The van der Waals surface area contributed by atoms with Gasteiger partial charge in [0.15, 0.2) is 0 Å². The lowest BCUT2D eigenvalue weighted by Crippen LogP contribution is -2.04. The highest BCUT2D eigenvalue weighted by Crippen LogP contribution is 2.30. The van der Waals surface area contributed by atoms with E-state index in [9.17, 15) is 4.39 Å². The molecule has 2 rings (SSSR count). The second-order valence-electron chi connectivity index (χ2n) is 3.66. The highest BCUT2D eigenvalue weighted by Gasteiger charge is 2.10. The molecule has 0 radical (unpaired) electrons. The zero-order valence-corrected chi connectivity index (χ0v) is 12.4. The number of rotatable bonds is 4. The van der Waals surface area contributed by atoms with Crippen LogP contribution in [0.15, 0.2) is 29.0 Å². The van der Waals surface area contributed by atoms with Crippen molar-refractivity contribution in [1.29, 1.82) is 0 Å². The van der Waals surface area contributed by atoms with Gasteiger partial charge in [-0.2, -0.15) is 0 Å². The number of benzene rings is 1. The SMILES string of the molecule is CCNc1ncnc(Nc2cc(Cl)ccc2F)c1Br. The van der Waals surface area contributed by atoms with E-state index in [0.717, 1.165) is 6.54 Å². The number of nitrogens with zero attached hydrogens (tertiary/aromatic N) is 2. The largest absolute Gasteiger partial charge is 0.369 e. The summed E-state index contributed by atoms with van der Waals surface area (Å²) in [5, 5.41) is 6.40. The number of anilines is 3. The van der Waals surface area contributed by atoms with Crippen LogP contribution in [0.5, 0.6) is 0 Å². The highest BCUT2D eigenvalue weighted by molar-refractivity contribution is 9.10. The van der Waals surface area contributed by atoms with Crippen molar-refractivity contribution in [1.82, 2.24) is 9.97 Å². The predicted octanol–water partition coefficient (Wildman–Crippen LogP) is 4.21. The van der Waals surface area contributed by atoms with Crippen LogP contribution in [0.3, 0.4) is 0 Å². The Kier molecular flexibility index (Phi) is 4.55. The quantitative estimate of drug-likeness (QED) is 0.871. The predicted molar refractivity (Wildman–Crippen MR) is 78.6 cm³/mol. The minimum atomic E-state index is -0.403. The molecule has 0 atom stereocenters. The van der Waals surface area contributed by atoms with E-state index in [1.54, 1.807) is 0 Å². The molecule has 0 saturated heterocycles. The van der Waals surface area contributed by atoms with Crippen LogP contribution in [0.1, 0.15) is 6.92 Å². The van der Waals surface area contributed by atoms with Crippen LogP contribution in [-0.4, -0.2) is 16.5 Å². The van der Waals surface area contributed by atoms with E-state index in [2.05, 4.69) is 36.5 Å². The van der Waals surface area contributed by atoms with Gasteiger partial charge in [-0.1, -0.05) is 11.6 Å².